The van der Waals surface area contributed by atoms with Crippen LogP contribution in [0.5, 0.6) is 0 Å². The minimum Gasteiger partial charge on any atom is -0.309 e. The lowest BCUT2D eigenvalue weighted by atomic mass is 10.1. The predicted octanol–water partition coefficient (Wildman–Crippen LogP) is 4.09. The Morgan fingerprint density at radius 3 is 2.76 bits per heavy atom. The fourth-order valence-electron chi connectivity index (χ4n) is 2.85. The van der Waals surface area contributed by atoms with Crippen LogP contribution in [0.3, 0.4) is 0 Å². The summed E-state index contributed by atoms with van der Waals surface area (Å²) in [6.07, 6.45) is 5.34. The molecule has 0 N–H and O–H groups in total. The molecule has 0 radical (unpaired) electrons. The van der Waals surface area contributed by atoms with Crippen molar-refractivity contribution in [2.45, 2.75) is 10.1 Å². The highest BCUT2D eigenvalue weighted by molar-refractivity contribution is 7.99. The van der Waals surface area contributed by atoms with Gasteiger partial charge < -0.3 is 4.90 Å². The summed E-state index contributed by atoms with van der Waals surface area (Å²) in [6.45, 7) is 1.39. The number of hydrogen-bond acceptors (Lipinski definition) is 3. The van der Waals surface area contributed by atoms with Gasteiger partial charge in [-0.25, -0.2) is 0 Å². The van der Waals surface area contributed by atoms with Crippen LogP contribution in [0.4, 0.5) is 5.69 Å². The van der Waals surface area contributed by atoms with Crippen molar-refractivity contribution >= 4 is 35.0 Å². The molecular weight excluding hydrogens is 352 g/mol. The van der Waals surface area contributed by atoms with Crippen LogP contribution in [0.1, 0.15) is 10.8 Å². The van der Waals surface area contributed by atoms with Crippen LogP contribution in [0.2, 0.25) is 5.02 Å². The van der Waals surface area contributed by atoms with Crippen molar-refractivity contribution < 1.29 is 4.79 Å². The molecule has 3 rings (SSSR count). The smallest absolute Gasteiger partial charge is 0.241 e. The summed E-state index contributed by atoms with van der Waals surface area (Å²) in [7, 11) is 1.86. The maximum absolute atomic E-state index is 12.9. The number of fused-ring (bicyclic) bond motifs is 1. The molecule has 1 heterocycles. The van der Waals surface area contributed by atoms with Crippen LogP contribution in [-0.2, 0) is 4.79 Å². The number of halogens is 1. The summed E-state index contributed by atoms with van der Waals surface area (Å²) < 4.78 is 0. The molecule has 128 valence electrons. The molecule has 5 heteroatoms. The van der Waals surface area contributed by atoms with E-state index in [0.717, 1.165) is 10.6 Å². The Balaban J connectivity index is 1.87. The molecule has 1 unspecified atom stereocenters. The maximum atomic E-state index is 12.9. The van der Waals surface area contributed by atoms with E-state index in [1.807, 2.05) is 59.3 Å². The van der Waals surface area contributed by atoms with Crippen molar-refractivity contribution in [1.82, 2.24) is 4.90 Å². The van der Waals surface area contributed by atoms with Crippen molar-refractivity contribution in [2.24, 2.45) is 0 Å². The van der Waals surface area contributed by atoms with E-state index in [9.17, 15) is 4.79 Å². The molecule has 1 amide bonds. The lowest BCUT2D eigenvalue weighted by Crippen LogP contribution is -2.42. The third-order valence-electron chi connectivity index (χ3n) is 4.08. The lowest BCUT2D eigenvalue weighted by molar-refractivity contribution is -0.119. The van der Waals surface area contributed by atoms with Crippen LogP contribution in [-0.4, -0.2) is 37.5 Å². The summed E-state index contributed by atoms with van der Waals surface area (Å²) >= 11 is 7.79. The molecular formula is C20H19ClN2OS. The first-order valence-electron chi connectivity index (χ1n) is 8.02. The van der Waals surface area contributed by atoms with Crippen LogP contribution in [0, 0.1) is 12.3 Å². The number of carbonyl (C=O) groups excluding carboxylic acids is 1. The zero-order chi connectivity index (χ0) is 17.8. The number of nitrogens with zero attached hydrogens (tertiary/aromatic N) is 2. The number of benzene rings is 2. The van der Waals surface area contributed by atoms with E-state index in [-0.39, 0.29) is 11.2 Å². The van der Waals surface area contributed by atoms with Gasteiger partial charge in [0.2, 0.25) is 5.91 Å². The van der Waals surface area contributed by atoms with Gasteiger partial charge in [0, 0.05) is 16.5 Å². The van der Waals surface area contributed by atoms with E-state index in [1.165, 1.54) is 5.56 Å². The Bertz CT molecular complexity index is 800. The molecule has 2 aromatic rings. The van der Waals surface area contributed by atoms with E-state index in [4.69, 9.17) is 18.0 Å². The first kappa shape index (κ1) is 17.9. The standard InChI is InChI=1S/C20H19ClN2OS/c1-3-12-22(2)14-20(24)23-13-19(15-8-10-16(21)11-9-15)25-18-7-5-4-6-17(18)23/h1,4-11,19H,12-14H2,2H3. The summed E-state index contributed by atoms with van der Waals surface area (Å²) in [4.78, 5) is 17.7. The van der Waals surface area contributed by atoms with Crippen LogP contribution in [0.15, 0.2) is 53.4 Å². The van der Waals surface area contributed by atoms with Gasteiger partial charge in [-0.2, -0.15) is 0 Å². The average Bonchev–Trinajstić information content (AvgIpc) is 2.61. The van der Waals surface area contributed by atoms with Crippen LogP contribution in [0.25, 0.3) is 0 Å². The second-order valence-corrected chi connectivity index (χ2v) is 7.69. The van der Waals surface area contributed by atoms with Crippen molar-refractivity contribution in [2.75, 3.05) is 31.6 Å². The highest BCUT2D eigenvalue weighted by Gasteiger charge is 2.30. The maximum Gasteiger partial charge on any atom is 0.241 e. The third-order valence-corrected chi connectivity index (χ3v) is 5.64. The molecule has 25 heavy (non-hydrogen) atoms. The van der Waals surface area contributed by atoms with Gasteiger partial charge in [0.25, 0.3) is 0 Å². The monoisotopic (exact) mass is 370 g/mol. The van der Waals surface area contributed by atoms with E-state index in [0.29, 0.717) is 24.7 Å². The molecule has 0 aromatic heterocycles. The fourth-order valence-corrected chi connectivity index (χ4v) is 4.26. The van der Waals surface area contributed by atoms with E-state index in [1.54, 1.807) is 11.8 Å². The minimum absolute atomic E-state index is 0.0597. The van der Waals surface area contributed by atoms with Gasteiger partial charge in [0.15, 0.2) is 0 Å². The van der Waals surface area contributed by atoms with Gasteiger partial charge in [0.1, 0.15) is 0 Å². The van der Waals surface area contributed by atoms with Crippen molar-refractivity contribution in [3.63, 3.8) is 0 Å². The van der Waals surface area contributed by atoms with Crippen molar-refractivity contribution in [3.8, 4) is 12.3 Å². The Hall–Kier alpha value is -1.93. The Kier molecular flexibility index (Phi) is 5.70. The Morgan fingerprint density at radius 2 is 2.04 bits per heavy atom. The molecule has 0 bridgehead atoms. The number of terminal acetylenes is 1. The second-order valence-electron chi connectivity index (χ2n) is 6.01. The SMILES string of the molecule is C#CCN(C)CC(=O)N1CC(c2ccc(Cl)cc2)Sc2ccccc21. The topological polar surface area (TPSA) is 23.6 Å². The molecule has 3 nitrogen and oxygen atoms in total. The largest absolute Gasteiger partial charge is 0.309 e. The number of amides is 1. The summed E-state index contributed by atoms with van der Waals surface area (Å²) in [6, 6.07) is 15.9. The van der Waals surface area contributed by atoms with Gasteiger partial charge in [-0.3, -0.25) is 9.69 Å². The van der Waals surface area contributed by atoms with E-state index >= 15 is 0 Å². The summed E-state index contributed by atoms with van der Waals surface area (Å²) in [5.41, 5.74) is 2.13. The average molecular weight is 371 g/mol. The van der Waals surface area contributed by atoms with Crippen LogP contribution >= 0.6 is 23.4 Å². The molecule has 0 fully saturated rings. The lowest BCUT2D eigenvalue weighted by Gasteiger charge is -2.35. The number of anilines is 1. The van der Waals surface area contributed by atoms with Gasteiger partial charge >= 0.3 is 0 Å². The number of hydrogen-bond donors (Lipinski definition) is 0. The molecule has 0 spiro atoms. The van der Waals surface area contributed by atoms with Crippen LogP contribution < -0.4 is 4.90 Å². The van der Waals surface area contributed by atoms with Crippen molar-refractivity contribution in [3.05, 3.63) is 59.1 Å². The molecule has 1 aliphatic heterocycles. The predicted molar refractivity (Wildman–Crippen MR) is 105 cm³/mol. The number of thioether (sulfide) groups is 1. The van der Waals surface area contributed by atoms with Gasteiger partial charge in [0.05, 0.1) is 24.0 Å². The zero-order valence-electron chi connectivity index (χ0n) is 14.0. The Morgan fingerprint density at radius 1 is 1.32 bits per heavy atom. The van der Waals surface area contributed by atoms with Gasteiger partial charge in [-0.05, 0) is 36.9 Å². The number of rotatable bonds is 4. The molecule has 0 saturated heterocycles. The number of para-hydroxylation sites is 1. The minimum atomic E-state index is 0.0597. The highest BCUT2D eigenvalue weighted by Crippen LogP contribution is 2.45. The third kappa shape index (κ3) is 4.19. The molecule has 0 saturated carbocycles. The normalized spacial score (nSPS) is 16.4. The molecule has 2 aromatic carbocycles. The van der Waals surface area contributed by atoms with Gasteiger partial charge in [-0.15, -0.1) is 18.2 Å². The summed E-state index contributed by atoms with van der Waals surface area (Å²) in [5, 5.41) is 0.892. The van der Waals surface area contributed by atoms with Gasteiger partial charge in [-0.1, -0.05) is 41.8 Å². The molecule has 0 aliphatic carbocycles. The Labute approximate surface area is 158 Å². The zero-order valence-corrected chi connectivity index (χ0v) is 15.6. The second kappa shape index (κ2) is 7.97. The highest BCUT2D eigenvalue weighted by atomic mass is 35.5. The summed E-state index contributed by atoms with van der Waals surface area (Å²) in [5.74, 6) is 2.63. The number of likely N-dealkylation sites (N-methyl/N-ethyl adjacent to an activating group) is 1. The fraction of sp³-hybridized carbons (Fsp3) is 0.250. The van der Waals surface area contributed by atoms with E-state index < -0.39 is 0 Å². The molecule has 1 aliphatic rings. The quantitative estimate of drug-likeness (QED) is 0.757. The first-order chi connectivity index (χ1) is 12.1. The molecule has 1 atom stereocenters. The first-order valence-corrected chi connectivity index (χ1v) is 9.28. The number of carbonyl (C=O) groups is 1. The van der Waals surface area contributed by atoms with Crippen molar-refractivity contribution in [1.29, 1.82) is 0 Å². The van der Waals surface area contributed by atoms with E-state index in [2.05, 4.69) is 12.0 Å².